The first-order valence-electron chi connectivity index (χ1n) is 3.81. The Morgan fingerprint density at radius 3 is 2.33 bits per heavy atom. The van der Waals surface area contributed by atoms with Gasteiger partial charge in [-0.15, -0.1) is 0 Å². The van der Waals surface area contributed by atoms with Gasteiger partial charge in [-0.2, -0.15) is 8.42 Å². The molecule has 0 rings (SSSR count). The van der Waals surface area contributed by atoms with Gasteiger partial charge in [0.2, 0.25) is 0 Å². The summed E-state index contributed by atoms with van der Waals surface area (Å²) in [4.78, 5) is 11.1. The molecule has 1 atom stereocenters. The molecule has 0 saturated heterocycles. The Labute approximate surface area is 88.2 Å². The molecule has 9 heteroatoms. The standard InChI is InChI=1S/C6H13NO6S.H3N/c1-3-7-5(8)6(2,9)4-13-14(10,11)12;/h9H,3-4H2,1-2H3,(H,7,8)(H,10,11,12);1H3. The van der Waals surface area contributed by atoms with Crippen molar-refractivity contribution >= 4 is 16.3 Å². The van der Waals surface area contributed by atoms with Crippen molar-refractivity contribution in [2.24, 2.45) is 0 Å². The summed E-state index contributed by atoms with van der Waals surface area (Å²) in [7, 11) is -4.65. The van der Waals surface area contributed by atoms with Crippen molar-refractivity contribution in [3.63, 3.8) is 0 Å². The molecule has 1 unspecified atom stereocenters. The minimum atomic E-state index is -4.65. The van der Waals surface area contributed by atoms with Crippen LogP contribution in [-0.4, -0.2) is 42.7 Å². The number of amides is 1. The highest BCUT2D eigenvalue weighted by molar-refractivity contribution is 7.80. The van der Waals surface area contributed by atoms with E-state index in [4.69, 9.17) is 4.55 Å². The van der Waals surface area contributed by atoms with Gasteiger partial charge in [0.05, 0.1) is 0 Å². The zero-order chi connectivity index (χ0) is 11.4. The van der Waals surface area contributed by atoms with Crippen molar-refractivity contribution in [2.75, 3.05) is 13.2 Å². The Kier molecular flexibility index (Phi) is 6.65. The quantitative estimate of drug-likeness (QED) is 0.446. The fourth-order valence-electron chi connectivity index (χ4n) is 0.606. The van der Waals surface area contributed by atoms with Gasteiger partial charge in [-0.1, -0.05) is 0 Å². The fraction of sp³-hybridized carbons (Fsp3) is 0.833. The molecule has 92 valence electrons. The molecule has 0 heterocycles. The number of rotatable bonds is 5. The Morgan fingerprint density at radius 1 is 1.53 bits per heavy atom. The van der Waals surface area contributed by atoms with Crippen LogP contribution in [0.2, 0.25) is 0 Å². The highest BCUT2D eigenvalue weighted by Gasteiger charge is 2.31. The molecule has 0 spiro atoms. The summed E-state index contributed by atoms with van der Waals surface area (Å²) in [6.45, 7) is 2.17. The van der Waals surface area contributed by atoms with Gasteiger partial charge in [0.25, 0.3) is 5.91 Å². The lowest BCUT2D eigenvalue weighted by atomic mass is 10.1. The molecule has 0 saturated carbocycles. The van der Waals surface area contributed by atoms with E-state index in [0.29, 0.717) is 6.54 Å². The van der Waals surface area contributed by atoms with E-state index in [9.17, 15) is 18.3 Å². The van der Waals surface area contributed by atoms with Crippen LogP contribution in [0.4, 0.5) is 0 Å². The molecule has 0 aliphatic carbocycles. The van der Waals surface area contributed by atoms with Gasteiger partial charge in [-0.3, -0.25) is 9.35 Å². The summed E-state index contributed by atoms with van der Waals surface area (Å²) in [6.07, 6.45) is 0. The van der Waals surface area contributed by atoms with Crippen molar-refractivity contribution in [3.8, 4) is 0 Å². The van der Waals surface area contributed by atoms with Crippen LogP contribution in [0.25, 0.3) is 0 Å². The SMILES string of the molecule is CCNC(=O)C(C)(O)COS(=O)(=O)O.N. The van der Waals surface area contributed by atoms with E-state index in [2.05, 4.69) is 9.50 Å². The average molecular weight is 244 g/mol. The summed E-state index contributed by atoms with van der Waals surface area (Å²) >= 11 is 0. The second kappa shape index (κ2) is 5.98. The van der Waals surface area contributed by atoms with Gasteiger partial charge in [-0.25, -0.2) is 4.18 Å². The molecule has 0 radical (unpaired) electrons. The van der Waals surface area contributed by atoms with Crippen molar-refractivity contribution in [1.29, 1.82) is 0 Å². The van der Waals surface area contributed by atoms with E-state index >= 15 is 0 Å². The highest BCUT2D eigenvalue weighted by Crippen LogP contribution is 2.05. The first-order chi connectivity index (χ1) is 6.19. The predicted octanol–water partition coefficient (Wildman–Crippen LogP) is -1.15. The minimum Gasteiger partial charge on any atom is -0.378 e. The summed E-state index contributed by atoms with van der Waals surface area (Å²) in [5.74, 6) is -0.774. The zero-order valence-electron chi connectivity index (χ0n) is 8.56. The molecule has 0 aromatic rings. The van der Waals surface area contributed by atoms with Crippen LogP contribution in [0, 0.1) is 0 Å². The number of hydrogen-bond donors (Lipinski definition) is 4. The molecule has 1 amide bonds. The molecule has 6 N–H and O–H groups in total. The Morgan fingerprint density at radius 2 is 2.00 bits per heavy atom. The molecule has 0 aromatic heterocycles. The second-order valence-electron chi connectivity index (χ2n) is 2.82. The number of carbonyl (C=O) groups is 1. The van der Waals surface area contributed by atoms with Crippen LogP contribution in [-0.2, 0) is 19.4 Å². The largest absolute Gasteiger partial charge is 0.397 e. The van der Waals surface area contributed by atoms with Gasteiger partial charge < -0.3 is 16.6 Å². The topological polar surface area (TPSA) is 148 Å². The van der Waals surface area contributed by atoms with Gasteiger partial charge >= 0.3 is 10.4 Å². The van der Waals surface area contributed by atoms with Crippen molar-refractivity contribution in [3.05, 3.63) is 0 Å². The third kappa shape index (κ3) is 7.22. The first-order valence-corrected chi connectivity index (χ1v) is 5.18. The van der Waals surface area contributed by atoms with Crippen LogP contribution in [0.3, 0.4) is 0 Å². The van der Waals surface area contributed by atoms with Gasteiger partial charge in [0, 0.05) is 6.54 Å². The van der Waals surface area contributed by atoms with Crippen LogP contribution < -0.4 is 11.5 Å². The van der Waals surface area contributed by atoms with Gasteiger partial charge in [-0.05, 0) is 13.8 Å². The smallest absolute Gasteiger partial charge is 0.378 e. The normalized spacial score (nSPS) is 14.9. The average Bonchev–Trinajstić information content (AvgIpc) is 2.00. The Bertz CT molecular complexity index is 299. The molecule has 0 aromatic carbocycles. The lowest BCUT2D eigenvalue weighted by Crippen LogP contribution is -2.48. The molecule has 0 aliphatic heterocycles. The van der Waals surface area contributed by atoms with E-state index in [1.165, 1.54) is 0 Å². The van der Waals surface area contributed by atoms with Crippen molar-refractivity contribution < 1.29 is 27.1 Å². The third-order valence-corrected chi connectivity index (χ3v) is 1.73. The number of likely N-dealkylation sites (N-methyl/N-ethyl adjacent to an activating group) is 1. The third-order valence-electron chi connectivity index (χ3n) is 1.32. The summed E-state index contributed by atoms with van der Waals surface area (Å²) < 4.78 is 32.4. The van der Waals surface area contributed by atoms with Crippen molar-refractivity contribution in [1.82, 2.24) is 11.5 Å². The maximum absolute atomic E-state index is 11.1. The van der Waals surface area contributed by atoms with E-state index < -0.39 is 28.5 Å². The minimum absolute atomic E-state index is 0. The zero-order valence-corrected chi connectivity index (χ0v) is 9.37. The van der Waals surface area contributed by atoms with E-state index in [0.717, 1.165) is 6.92 Å². The number of carbonyl (C=O) groups excluding carboxylic acids is 1. The molecular weight excluding hydrogens is 228 g/mol. The number of aliphatic hydroxyl groups is 1. The first kappa shape index (κ1) is 16.7. The number of hydrogen-bond acceptors (Lipinski definition) is 6. The molecule has 0 fully saturated rings. The van der Waals surface area contributed by atoms with Crippen molar-refractivity contribution in [2.45, 2.75) is 19.4 Å². The Hall–Kier alpha value is -0.740. The maximum atomic E-state index is 11.1. The van der Waals surface area contributed by atoms with E-state index in [1.54, 1.807) is 6.92 Å². The lowest BCUT2D eigenvalue weighted by molar-refractivity contribution is -0.140. The van der Waals surface area contributed by atoms with Gasteiger partial charge in [0.1, 0.15) is 6.61 Å². The second-order valence-corrected chi connectivity index (χ2v) is 3.91. The molecule has 8 nitrogen and oxygen atoms in total. The Balaban J connectivity index is 0. The number of nitrogens with one attached hydrogen (secondary N) is 1. The van der Waals surface area contributed by atoms with Crippen LogP contribution in [0.15, 0.2) is 0 Å². The van der Waals surface area contributed by atoms with E-state index in [1.807, 2.05) is 0 Å². The molecular formula is C6H16N2O6S. The van der Waals surface area contributed by atoms with Crippen LogP contribution in [0.1, 0.15) is 13.8 Å². The highest BCUT2D eigenvalue weighted by atomic mass is 32.3. The fourth-order valence-corrected chi connectivity index (χ4v) is 0.984. The summed E-state index contributed by atoms with van der Waals surface area (Å²) in [6, 6.07) is 0. The maximum Gasteiger partial charge on any atom is 0.397 e. The molecule has 0 aliphatic rings. The molecule has 15 heavy (non-hydrogen) atoms. The van der Waals surface area contributed by atoms with Gasteiger partial charge in [0.15, 0.2) is 5.60 Å². The molecule has 0 bridgehead atoms. The summed E-state index contributed by atoms with van der Waals surface area (Å²) in [5.41, 5.74) is -1.99. The monoisotopic (exact) mass is 244 g/mol. The predicted molar refractivity (Wildman–Crippen MR) is 51.8 cm³/mol. The van der Waals surface area contributed by atoms with Crippen LogP contribution >= 0.6 is 0 Å². The van der Waals surface area contributed by atoms with E-state index in [-0.39, 0.29) is 6.15 Å². The lowest BCUT2D eigenvalue weighted by Gasteiger charge is -2.20. The van der Waals surface area contributed by atoms with Crippen LogP contribution in [0.5, 0.6) is 0 Å². The summed E-state index contributed by atoms with van der Waals surface area (Å²) in [5, 5.41) is 11.6.